The Morgan fingerprint density at radius 2 is 1.06 bits per heavy atom. The SMILES string of the molecule is c1cc([BH-](c2cc[nH]n2)c2cc[nH]n2)n[nH]1. The highest BCUT2D eigenvalue weighted by molar-refractivity contribution is 6.93. The molecule has 7 heteroatoms. The summed E-state index contributed by atoms with van der Waals surface area (Å²) in [6.45, 7) is -0.969. The summed E-state index contributed by atoms with van der Waals surface area (Å²) in [4.78, 5) is 0. The highest BCUT2D eigenvalue weighted by Crippen LogP contribution is 1.86. The zero-order valence-electron chi connectivity index (χ0n) is 8.51. The minimum Gasteiger partial charge on any atom is -0.289 e. The van der Waals surface area contributed by atoms with Gasteiger partial charge < -0.3 is 0 Å². The van der Waals surface area contributed by atoms with Crippen LogP contribution in [-0.2, 0) is 0 Å². The minimum atomic E-state index is -0.969. The Labute approximate surface area is 91.6 Å². The van der Waals surface area contributed by atoms with E-state index in [2.05, 4.69) is 30.6 Å². The number of H-pyrrole nitrogens is 3. The van der Waals surface area contributed by atoms with Crippen LogP contribution >= 0.6 is 0 Å². The van der Waals surface area contributed by atoms with Gasteiger partial charge in [0, 0.05) is 18.6 Å². The largest absolute Gasteiger partial charge is 0.289 e. The molecule has 3 heterocycles. The summed E-state index contributed by atoms with van der Waals surface area (Å²) in [5.41, 5.74) is 2.96. The van der Waals surface area contributed by atoms with Crippen LogP contribution in [0.4, 0.5) is 0 Å². The van der Waals surface area contributed by atoms with Crippen LogP contribution < -0.4 is 16.8 Å². The van der Waals surface area contributed by atoms with Crippen molar-refractivity contribution in [3.05, 3.63) is 36.8 Å². The standard InChI is InChI=1S/C9H10BN6/c1-4-11-14-7(1)10(8-2-5-12-15-8)9-3-6-13-16-9/h1-6,10H,(H,11,14)(H,12,15)(H,13,16)/q-1. The van der Waals surface area contributed by atoms with E-state index in [1.165, 1.54) is 0 Å². The molecule has 0 saturated carbocycles. The van der Waals surface area contributed by atoms with Crippen molar-refractivity contribution in [2.75, 3.05) is 0 Å². The van der Waals surface area contributed by atoms with Crippen molar-refractivity contribution in [3.63, 3.8) is 0 Å². The smallest absolute Gasteiger partial charge is 0.138 e. The van der Waals surface area contributed by atoms with Crippen LogP contribution in [0.1, 0.15) is 0 Å². The van der Waals surface area contributed by atoms with Gasteiger partial charge in [-0.2, -0.15) is 0 Å². The second-order valence-electron chi connectivity index (χ2n) is 3.73. The zero-order valence-corrected chi connectivity index (χ0v) is 8.51. The molecule has 3 aromatic rings. The molecule has 0 aliphatic carbocycles. The van der Waals surface area contributed by atoms with Gasteiger partial charge in [-0.05, 0) is 0 Å². The monoisotopic (exact) mass is 213 g/mol. The average Bonchev–Trinajstić information content (AvgIpc) is 3.02. The van der Waals surface area contributed by atoms with Crippen molar-refractivity contribution in [3.8, 4) is 0 Å². The minimum absolute atomic E-state index is 0.969. The van der Waals surface area contributed by atoms with Gasteiger partial charge in [0.05, 0.1) is 0 Å². The molecule has 0 amide bonds. The fourth-order valence-corrected chi connectivity index (χ4v) is 2.02. The first kappa shape index (κ1) is 8.96. The molecule has 3 rings (SSSR count). The Kier molecular flexibility index (Phi) is 2.07. The average molecular weight is 213 g/mol. The lowest BCUT2D eigenvalue weighted by Gasteiger charge is -2.15. The molecule has 80 valence electrons. The fraction of sp³-hybridized carbons (Fsp3) is 0. The van der Waals surface area contributed by atoms with Gasteiger partial charge in [0.1, 0.15) is 6.71 Å². The first-order chi connectivity index (χ1) is 7.95. The molecule has 0 aliphatic heterocycles. The second kappa shape index (κ2) is 3.69. The molecule has 0 unspecified atom stereocenters. The van der Waals surface area contributed by atoms with Crippen LogP contribution in [-0.4, -0.2) is 37.3 Å². The van der Waals surface area contributed by atoms with Crippen LogP contribution in [0, 0.1) is 0 Å². The Bertz CT molecular complexity index is 445. The van der Waals surface area contributed by atoms with E-state index in [4.69, 9.17) is 0 Å². The Morgan fingerprint density at radius 3 is 1.31 bits per heavy atom. The molecule has 6 nitrogen and oxygen atoms in total. The summed E-state index contributed by atoms with van der Waals surface area (Å²) in [6, 6.07) is 5.88. The molecule has 0 aliphatic rings. The van der Waals surface area contributed by atoms with E-state index in [0.29, 0.717) is 0 Å². The molecule has 3 aromatic heterocycles. The second-order valence-corrected chi connectivity index (χ2v) is 3.73. The van der Waals surface area contributed by atoms with Gasteiger partial charge in [-0.25, -0.2) is 15.3 Å². The molecule has 0 saturated heterocycles. The summed E-state index contributed by atoms with van der Waals surface area (Å²) in [5, 5.41) is 21.2. The zero-order chi connectivity index (χ0) is 10.8. The number of nitrogens with one attached hydrogen (secondary N) is 3. The maximum absolute atomic E-state index is 4.23. The van der Waals surface area contributed by atoms with Gasteiger partial charge in [0.25, 0.3) is 0 Å². The van der Waals surface area contributed by atoms with Crippen LogP contribution in [0.5, 0.6) is 0 Å². The number of nitrogens with zero attached hydrogens (tertiary/aromatic N) is 3. The molecular weight excluding hydrogens is 203 g/mol. The summed E-state index contributed by atoms with van der Waals surface area (Å²) in [7, 11) is 0. The number of hydrogen-bond acceptors (Lipinski definition) is 3. The topological polar surface area (TPSA) is 86.0 Å². The normalized spacial score (nSPS) is 11.1. The molecule has 16 heavy (non-hydrogen) atoms. The van der Waals surface area contributed by atoms with Crippen molar-refractivity contribution < 1.29 is 0 Å². The lowest BCUT2D eigenvalue weighted by atomic mass is 9.42. The number of hydrogen-bond donors (Lipinski definition) is 3. The van der Waals surface area contributed by atoms with Crippen molar-refractivity contribution in [1.82, 2.24) is 30.6 Å². The lowest BCUT2D eigenvalue weighted by molar-refractivity contribution is 1.09. The van der Waals surface area contributed by atoms with Gasteiger partial charge in [-0.15, -0.1) is 0 Å². The van der Waals surface area contributed by atoms with E-state index in [0.717, 1.165) is 16.8 Å². The summed E-state index contributed by atoms with van der Waals surface area (Å²) in [6.07, 6.45) is 5.44. The summed E-state index contributed by atoms with van der Waals surface area (Å²) >= 11 is 0. The van der Waals surface area contributed by atoms with Gasteiger partial charge in [-0.1, -0.05) is 35.0 Å². The molecule has 3 N–H and O–H groups in total. The number of aromatic amines is 3. The van der Waals surface area contributed by atoms with Crippen LogP contribution in [0.25, 0.3) is 0 Å². The van der Waals surface area contributed by atoms with Crippen molar-refractivity contribution >= 4 is 23.5 Å². The third-order valence-corrected chi connectivity index (χ3v) is 2.76. The molecule has 0 radical (unpaired) electrons. The van der Waals surface area contributed by atoms with Crippen molar-refractivity contribution in [2.45, 2.75) is 0 Å². The third-order valence-electron chi connectivity index (χ3n) is 2.76. The molecular formula is C9H10BN6-. The predicted molar refractivity (Wildman–Crippen MR) is 61.8 cm³/mol. The van der Waals surface area contributed by atoms with Gasteiger partial charge in [0.15, 0.2) is 0 Å². The van der Waals surface area contributed by atoms with Crippen molar-refractivity contribution in [2.24, 2.45) is 0 Å². The number of rotatable bonds is 3. The first-order valence-corrected chi connectivity index (χ1v) is 5.13. The Morgan fingerprint density at radius 1 is 0.688 bits per heavy atom. The third kappa shape index (κ3) is 1.42. The quantitative estimate of drug-likeness (QED) is 0.444. The molecule has 0 spiro atoms. The highest BCUT2D eigenvalue weighted by Gasteiger charge is 2.15. The van der Waals surface area contributed by atoms with E-state index >= 15 is 0 Å². The highest BCUT2D eigenvalue weighted by atomic mass is 15.1. The van der Waals surface area contributed by atoms with E-state index in [9.17, 15) is 0 Å². The van der Waals surface area contributed by atoms with E-state index < -0.39 is 6.71 Å². The van der Waals surface area contributed by atoms with E-state index in [1.807, 2.05) is 36.8 Å². The molecule has 0 atom stereocenters. The van der Waals surface area contributed by atoms with Gasteiger partial charge in [0.2, 0.25) is 0 Å². The first-order valence-electron chi connectivity index (χ1n) is 5.13. The van der Waals surface area contributed by atoms with Gasteiger partial charge >= 0.3 is 0 Å². The molecule has 0 aromatic carbocycles. The Hall–Kier alpha value is -2.31. The van der Waals surface area contributed by atoms with Gasteiger partial charge in [-0.3, -0.25) is 15.3 Å². The summed E-state index contributed by atoms with van der Waals surface area (Å²) < 4.78 is 0. The molecule has 0 bridgehead atoms. The lowest BCUT2D eigenvalue weighted by Crippen LogP contribution is -2.54. The van der Waals surface area contributed by atoms with Crippen molar-refractivity contribution in [1.29, 1.82) is 0 Å². The maximum Gasteiger partial charge on any atom is 0.138 e. The van der Waals surface area contributed by atoms with E-state index in [-0.39, 0.29) is 0 Å². The summed E-state index contributed by atoms with van der Waals surface area (Å²) in [5.74, 6) is 0. The fourth-order valence-electron chi connectivity index (χ4n) is 2.02. The molecule has 0 fully saturated rings. The number of aromatic nitrogens is 6. The van der Waals surface area contributed by atoms with Crippen LogP contribution in [0.3, 0.4) is 0 Å². The Balaban J connectivity index is 2.09. The van der Waals surface area contributed by atoms with E-state index in [1.54, 1.807) is 0 Å². The maximum atomic E-state index is 4.23. The van der Waals surface area contributed by atoms with Crippen LogP contribution in [0.2, 0.25) is 0 Å². The van der Waals surface area contributed by atoms with Crippen LogP contribution in [0.15, 0.2) is 36.8 Å². The predicted octanol–water partition coefficient (Wildman–Crippen LogP) is -1.90.